The van der Waals surface area contributed by atoms with Gasteiger partial charge in [-0.1, -0.05) is 30.3 Å². The second-order valence-electron chi connectivity index (χ2n) is 9.66. The van der Waals surface area contributed by atoms with Gasteiger partial charge in [-0.25, -0.2) is 8.78 Å². The van der Waals surface area contributed by atoms with E-state index in [1.54, 1.807) is 0 Å². The Morgan fingerprint density at radius 3 is 2.46 bits per heavy atom. The number of fused-ring (bicyclic) bond motifs is 3. The molecule has 0 bridgehead atoms. The van der Waals surface area contributed by atoms with Gasteiger partial charge in [0.1, 0.15) is 11.6 Å². The van der Waals surface area contributed by atoms with Gasteiger partial charge in [0.15, 0.2) is 0 Å². The van der Waals surface area contributed by atoms with Crippen molar-refractivity contribution in [2.24, 2.45) is 0 Å². The highest BCUT2D eigenvalue weighted by Gasteiger charge is 2.31. The first-order chi connectivity index (χ1) is 17.9. The minimum Gasteiger partial charge on any atom is -0.390 e. The van der Waals surface area contributed by atoms with Gasteiger partial charge in [-0.05, 0) is 58.5 Å². The molecule has 1 unspecified atom stereocenters. The lowest BCUT2D eigenvalue weighted by Crippen LogP contribution is -2.48. The Morgan fingerprint density at radius 2 is 1.73 bits per heavy atom. The van der Waals surface area contributed by atoms with Crippen molar-refractivity contribution in [2.75, 3.05) is 37.7 Å². The summed E-state index contributed by atoms with van der Waals surface area (Å²) in [6, 6.07) is 17.0. The predicted molar refractivity (Wildman–Crippen MR) is 138 cm³/mol. The summed E-state index contributed by atoms with van der Waals surface area (Å²) in [5, 5.41) is 17.3. The largest absolute Gasteiger partial charge is 0.390 e. The van der Waals surface area contributed by atoms with E-state index in [0.29, 0.717) is 18.8 Å². The van der Waals surface area contributed by atoms with Crippen LogP contribution in [0.2, 0.25) is 0 Å². The number of hydrogen-bond donors (Lipinski definition) is 3. The fraction of sp³-hybridized carbons (Fsp3) is 0.345. The van der Waals surface area contributed by atoms with Crippen molar-refractivity contribution in [3.05, 3.63) is 89.0 Å². The van der Waals surface area contributed by atoms with Gasteiger partial charge in [0.2, 0.25) is 5.91 Å². The van der Waals surface area contributed by atoms with Gasteiger partial charge in [-0.2, -0.15) is 0 Å². The van der Waals surface area contributed by atoms with Gasteiger partial charge >= 0.3 is 0 Å². The van der Waals surface area contributed by atoms with Crippen molar-refractivity contribution < 1.29 is 23.4 Å². The van der Waals surface area contributed by atoms with Gasteiger partial charge in [-0.3, -0.25) is 4.79 Å². The molecule has 1 aliphatic carbocycles. The number of amides is 1. The summed E-state index contributed by atoms with van der Waals surface area (Å²) in [4.78, 5) is 14.2. The van der Waals surface area contributed by atoms with Crippen LogP contribution in [-0.4, -0.2) is 56.0 Å². The van der Waals surface area contributed by atoms with E-state index in [9.17, 15) is 18.7 Å². The molecule has 3 atom stereocenters. The van der Waals surface area contributed by atoms with E-state index in [2.05, 4.69) is 45.9 Å². The van der Waals surface area contributed by atoms with Gasteiger partial charge in [0, 0.05) is 38.3 Å². The van der Waals surface area contributed by atoms with Crippen molar-refractivity contribution >= 4 is 11.6 Å². The van der Waals surface area contributed by atoms with E-state index in [1.807, 2.05) is 12.1 Å². The van der Waals surface area contributed by atoms with Crippen LogP contribution >= 0.6 is 0 Å². The van der Waals surface area contributed by atoms with Crippen molar-refractivity contribution in [3.63, 3.8) is 0 Å². The first-order valence-corrected chi connectivity index (χ1v) is 12.6. The van der Waals surface area contributed by atoms with Crippen LogP contribution in [0, 0.1) is 11.6 Å². The summed E-state index contributed by atoms with van der Waals surface area (Å²) in [6.07, 6.45) is -0.898. The third kappa shape index (κ3) is 5.66. The summed E-state index contributed by atoms with van der Waals surface area (Å²) < 4.78 is 33.0. The zero-order valence-electron chi connectivity index (χ0n) is 20.7. The summed E-state index contributed by atoms with van der Waals surface area (Å²) in [6.45, 7) is 4.60. The Kier molecular flexibility index (Phi) is 7.50. The smallest absolute Gasteiger partial charge is 0.217 e. The second-order valence-corrected chi connectivity index (χ2v) is 9.66. The normalized spacial score (nSPS) is 18.2. The SMILES string of the molecule is CC(=O)N[C@@H](Cc1cc(F)cc(F)c1)[C@H](O)CNC1c2ccccc2-c2ccc(N3CCOCC3)cc21. The van der Waals surface area contributed by atoms with Crippen LogP contribution in [0.3, 0.4) is 0 Å². The number of anilines is 1. The first-order valence-electron chi connectivity index (χ1n) is 12.6. The van der Waals surface area contributed by atoms with E-state index in [4.69, 9.17) is 4.74 Å². The molecule has 2 aliphatic rings. The van der Waals surface area contributed by atoms with E-state index in [0.717, 1.165) is 47.1 Å². The lowest BCUT2D eigenvalue weighted by Gasteiger charge is -2.30. The molecule has 1 aliphatic heterocycles. The van der Waals surface area contributed by atoms with Gasteiger partial charge in [0.25, 0.3) is 0 Å². The number of nitrogens with zero attached hydrogens (tertiary/aromatic N) is 1. The molecule has 194 valence electrons. The fourth-order valence-corrected chi connectivity index (χ4v) is 5.34. The van der Waals surface area contributed by atoms with Crippen molar-refractivity contribution in [3.8, 4) is 11.1 Å². The molecular formula is C29H31F2N3O3. The summed E-state index contributed by atoms with van der Waals surface area (Å²) >= 11 is 0. The molecule has 8 heteroatoms. The first kappa shape index (κ1) is 25.3. The number of morpholine rings is 1. The number of carbonyl (C=O) groups excluding carboxylic acids is 1. The highest BCUT2D eigenvalue weighted by atomic mass is 19.1. The molecule has 6 nitrogen and oxygen atoms in total. The molecule has 3 N–H and O–H groups in total. The summed E-state index contributed by atoms with van der Waals surface area (Å²) in [7, 11) is 0. The number of aliphatic hydroxyl groups is 1. The van der Waals surface area contributed by atoms with Gasteiger partial charge in [0.05, 0.1) is 31.4 Å². The highest BCUT2D eigenvalue weighted by Crippen LogP contribution is 2.44. The average Bonchev–Trinajstić information content (AvgIpc) is 3.19. The number of rotatable bonds is 8. The maximum Gasteiger partial charge on any atom is 0.217 e. The third-order valence-corrected chi connectivity index (χ3v) is 7.05. The quantitative estimate of drug-likeness (QED) is 0.435. The Hall–Kier alpha value is -3.33. The molecule has 5 rings (SSSR count). The molecular weight excluding hydrogens is 476 g/mol. The standard InChI is InChI=1S/C29H31F2N3O3/c1-18(35)33-27(14-19-12-20(30)15-21(31)13-19)28(36)17-32-29-25-5-3-2-4-23(25)24-7-6-22(16-26(24)29)34-8-10-37-11-9-34/h2-7,12-13,15-16,27-29,32,36H,8-11,14,17H2,1H3,(H,33,35)/t27-,28+,29?/m0/s1. The van der Waals surface area contributed by atoms with E-state index in [1.165, 1.54) is 19.1 Å². The Balaban J connectivity index is 1.37. The number of carbonyl (C=O) groups is 1. The maximum absolute atomic E-state index is 13.7. The molecule has 1 fully saturated rings. The topological polar surface area (TPSA) is 73.8 Å². The second kappa shape index (κ2) is 11.0. The minimum atomic E-state index is -0.992. The molecule has 1 saturated heterocycles. The van der Waals surface area contributed by atoms with Crippen LogP contribution < -0.4 is 15.5 Å². The number of halogens is 2. The maximum atomic E-state index is 13.7. The highest BCUT2D eigenvalue weighted by molar-refractivity contribution is 5.80. The molecule has 1 amide bonds. The number of ether oxygens (including phenoxy) is 1. The van der Waals surface area contributed by atoms with Crippen LogP contribution in [0.4, 0.5) is 14.5 Å². The van der Waals surface area contributed by atoms with Gasteiger partial charge in [-0.15, -0.1) is 0 Å². The summed E-state index contributed by atoms with van der Waals surface area (Å²) in [5.41, 5.74) is 6.03. The molecule has 0 aromatic heterocycles. The lowest BCUT2D eigenvalue weighted by atomic mass is 9.99. The Bertz CT molecular complexity index is 1260. The number of benzene rings is 3. The Labute approximate surface area is 215 Å². The van der Waals surface area contributed by atoms with E-state index in [-0.39, 0.29) is 24.9 Å². The summed E-state index contributed by atoms with van der Waals surface area (Å²) in [5.74, 6) is -1.72. The molecule has 3 aromatic rings. The van der Waals surface area contributed by atoms with E-state index < -0.39 is 23.8 Å². The van der Waals surface area contributed by atoms with Crippen LogP contribution in [0.1, 0.15) is 29.7 Å². The number of nitrogens with one attached hydrogen (secondary N) is 2. The van der Waals surface area contributed by atoms with E-state index >= 15 is 0 Å². The zero-order chi connectivity index (χ0) is 25.9. The zero-order valence-corrected chi connectivity index (χ0v) is 20.7. The number of aliphatic hydroxyl groups excluding tert-OH is 1. The van der Waals surface area contributed by atoms with Crippen LogP contribution in [0.5, 0.6) is 0 Å². The molecule has 3 aromatic carbocycles. The van der Waals surface area contributed by atoms with Crippen molar-refractivity contribution in [1.82, 2.24) is 10.6 Å². The molecule has 1 heterocycles. The third-order valence-electron chi connectivity index (χ3n) is 7.05. The molecule has 0 saturated carbocycles. The minimum absolute atomic E-state index is 0.0934. The van der Waals surface area contributed by atoms with Crippen molar-refractivity contribution in [1.29, 1.82) is 0 Å². The van der Waals surface area contributed by atoms with Crippen molar-refractivity contribution in [2.45, 2.75) is 31.5 Å². The molecule has 0 radical (unpaired) electrons. The average molecular weight is 508 g/mol. The fourth-order valence-electron chi connectivity index (χ4n) is 5.34. The van der Waals surface area contributed by atoms with Crippen LogP contribution in [0.15, 0.2) is 60.7 Å². The predicted octanol–water partition coefficient (Wildman–Crippen LogP) is 3.57. The molecule has 0 spiro atoms. The van der Waals surface area contributed by atoms with Crippen LogP contribution in [-0.2, 0) is 16.0 Å². The molecule has 37 heavy (non-hydrogen) atoms. The monoisotopic (exact) mass is 507 g/mol. The van der Waals surface area contributed by atoms with Crippen LogP contribution in [0.25, 0.3) is 11.1 Å². The lowest BCUT2D eigenvalue weighted by molar-refractivity contribution is -0.120. The number of hydrogen-bond acceptors (Lipinski definition) is 5. The Morgan fingerprint density at radius 1 is 1.03 bits per heavy atom. The van der Waals surface area contributed by atoms with Gasteiger partial charge < -0.3 is 25.4 Å².